The molecule has 0 radical (unpaired) electrons. The number of hydrogen-bond donors (Lipinski definition) is 7. The molecule has 0 aromatic rings. The second-order valence-electron chi connectivity index (χ2n) is 18.7. The number of ether oxygens (including phenoxy) is 6. The Balaban J connectivity index is 1.77. The van der Waals surface area contributed by atoms with Gasteiger partial charge in [-0.3, -0.25) is 4.79 Å². The first kappa shape index (κ1) is 62.8. The zero-order chi connectivity index (χ0) is 50.2. The van der Waals surface area contributed by atoms with Crippen LogP contribution < -0.4 is 0 Å². The van der Waals surface area contributed by atoms with Gasteiger partial charge in [0.1, 0.15) is 54.9 Å². The molecule has 2 rings (SSSR count). The van der Waals surface area contributed by atoms with E-state index in [0.29, 0.717) is 13.0 Å². The van der Waals surface area contributed by atoms with Crippen LogP contribution in [0.5, 0.6) is 0 Å². The van der Waals surface area contributed by atoms with Gasteiger partial charge in [0, 0.05) is 13.0 Å². The van der Waals surface area contributed by atoms with Crippen LogP contribution in [0.2, 0.25) is 0 Å². The maximum atomic E-state index is 13.0. The normalized spacial score (nSPS) is 26.2. The van der Waals surface area contributed by atoms with Crippen LogP contribution >= 0.6 is 0 Å². The number of carbonyl (C=O) groups excluding carboxylic acids is 1. The first-order valence-electron chi connectivity index (χ1n) is 26.9. The third-order valence-corrected chi connectivity index (χ3v) is 12.5. The molecule has 400 valence electrons. The Morgan fingerprint density at radius 3 is 1.49 bits per heavy atom. The molecule has 0 aromatic heterocycles. The lowest BCUT2D eigenvalue weighted by Crippen LogP contribution is -2.61. The number of esters is 1. The van der Waals surface area contributed by atoms with E-state index in [0.717, 1.165) is 70.6 Å². The predicted molar refractivity (Wildman–Crippen MR) is 270 cm³/mol. The topological polar surface area (TPSA) is 214 Å². The van der Waals surface area contributed by atoms with E-state index in [2.05, 4.69) is 74.6 Å². The van der Waals surface area contributed by atoms with Crippen molar-refractivity contribution < 1.29 is 69.0 Å². The van der Waals surface area contributed by atoms with Crippen molar-refractivity contribution in [2.24, 2.45) is 0 Å². The highest BCUT2D eigenvalue weighted by molar-refractivity contribution is 5.69. The van der Waals surface area contributed by atoms with Gasteiger partial charge in [0.2, 0.25) is 0 Å². The number of carbonyl (C=O) groups is 1. The molecular formula is C55H96O14. The van der Waals surface area contributed by atoms with Gasteiger partial charge < -0.3 is 64.2 Å². The molecule has 11 unspecified atom stereocenters. The molecule has 2 aliphatic heterocycles. The molecule has 7 N–H and O–H groups in total. The minimum absolute atomic E-state index is 0.0473. The lowest BCUT2D eigenvalue weighted by atomic mass is 9.98. The van der Waals surface area contributed by atoms with E-state index in [4.69, 9.17) is 28.4 Å². The lowest BCUT2D eigenvalue weighted by Gasteiger charge is -2.42. The van der Waals surface area contributed by atoms with Crippen LogP contribution in [0.3, 0.4) is 0 Å². The molecule has 0 bridgehead atoms. The van der Waals surface area contributed by atoms with Gasteiger partial charge in [0.25, 0.3) is 0 Å². The maximum Gasteiger partial charge on any atom is 0.306 e. The van der Waals surface area contributed by atoms with E-state index in [1.165, 1.54) is 83.5 Å². The lowest BCUT2D eigenvalue weighted by molar-refractivity contribution is -0.332. The van der Waals surface area contributed by atoms with Crippen LogP contribution in [-0.4, -0.2) is 142 Å². The first-order valence-corrected chi connectivity index (χ1v) is 26.9. The van der Waals surface area contributed by atoms with E-state index in [1.54, 1.807) is 0 Å². The fourth-order valence-corrected chi connectivity index (χ4v) is 8.15. The fraction of sp³-hybridized carbons (Fsp3) is 0.800. The van der Waals surface area contributed by atoms with Crippen molar-refractivity contribution in [2.75, 3.05) is 33.0 Å². The first-order chi connectivity index (χ1) is 33.6. The summed E-state index contributed by atoms with van der Waals surface area (Å²) in [5.41, 5.74) is 0. The quantitative estimate of drug-likeness (QED) is 0.0174. The summed E-state index contributed by atoms with van der Waals surface area (Å²) in [5.74, 6) is -0.401. The van der Waals surface area contributed by atoms with Crippen molar-refractivity contribution in [3.05, 3.63) is 60.8 Å². The largest absolute Gasteiger partial charge is 0.457 e. The van der Waals surface area contributed by atoms with Crippen molar-refractivity contribution in [2.45, 2.75) is 248 Å². The van der Waals surface area contributed by atoms with E-state index < -0.39 is 86.7 Å². The van der Waals surface area contributed by atoms with Crippen molar-refractivity contribution in [1.29, 1.82) is 0 Å². The number of hydrogen-bond acceptors (Lipinski definition) is 14. The highest BCUT2D eigenvalue weighted by atomic mass is 16.7. The van der Waals surface area contributed by atoms with Gasteiger partial charge in [-0.25, -0.2) is 0 Å². The number of unbranched alkanes of at least 4 members (excludes halogenated alkanes) is 18. The number of allylic oxidation sites excluding steroid dienone is 10. The summed E-state index contributed by atoms with van der Waals surface area (Å²) in [5, 5.41) is 72.2. The Hall–Kier alpha value is -2.31. The third-order valence-electron chi connectivity index (χ3n) is 12.5. The average Bonchev–Trinajstić information content (AvgIpc) is 3.35. The number of rotatable bonds is 42. The summed E-state index contributed by atoms with van der Waals surface area (Å²) >= 11 is 0. The molecule has 2 fully saturated rings. The average molecular weight is 981 g/mol. The summed E-state index contributed by atoms with van der Waals surface area (Å²) in [6.45, 7) is 3.53. The molecule has 11 atom stereocenters. The van der Waals surface area contributed by atoms with E-state index in [1.807, 2.05) is 0 Å². The van der Waals surface area contributed by atoms with Crippen LogP contribution in [0.4, 0.5) is 0 Å². The molecule has 0 aromatic carbocycles. The molecule has 0 amide bonds. The van der Waals surface area contributed by atoms with Gasteiger partial charge in [-0.15, -0.1) is 0 Å². The molecule has 14 heteroatoms. The van der Waals surface area contributed by atoms with E-state index in [9.17, 15) is 40.5 Å². The Bertz CT molecular complexity index is 1370. The van der Waals surface area contributed by atoms with E-state index >= 15 is 0 Å². The molecule has 69 heavy (non-hydrogen) atoms. The van der Waals surface area contributed by atoms with Crippen LogP contribution in [0.1, 0.15) is 181 Å². The van der Waals surface area contributed by atoms with Gasteiger partial charge >= 0.3 is 5.97 Å². The summed E-state index contributed by atoms with van der Waals surface area (Å²) in [6, 6.07) is 0. The summed E-state index contributed by atoms with van der Waals surface area (Å²) in [6.07, 6.45) is 34.2. The molecular weight excluding hydrogens is 885 g/mol. The van der Waals surface area contributed by atoms with Crippen LogP contribution in [0, 0.1) is 0 Å². The van der Waals surface area contributed by atoms with Crippen molar-refractivity contribution in [1.82, 2.24) is 0 Å². The van der Waals surface area contributed by atoms with Gasteiger partial charge in [-0.05, 0) is 77.0 Å². The second-order valence-corrected chi connectivity index (χ2v) is 18.7. The second kappa shape index (κ2) is 42.2. The number of aliphatic hydroxyl groups excluding tert-OH is 7. The van der Waals surface area contributed by atoms with Crippen molar-refractivity contribution in [3.63, 3.8) is 0 Å². The zero-order valence-electron chi connectivity index (χ0n) is 42.5. The van der Waals surface area contributed by atoms with Crippen LogP contribution in [0.25, 0.3) is 0 Å². The molecule has 0 spiro atoms. The molecule has 14 nitrogen and oxygen atoms in total. The van der Waals surface area contributed by atoms with Gasteiger partial charge in [0.15, 0.2) is 12.6 Å². The minimum atomic E-state index is -1.71. The number of aliphatic hydroxyl groups is 7. The molecule has 2 heterocycles. The Morgan fingerprint density at radius 1 is 0.493 bits per heavy atom. The predicted octanol–water partition coefficient (Wildman–Crippen LogP) is 8.52. The summed E-state index contributed by atoms with van der Waals surface area (Å²) in [4.78, 5) is 13.0. The summed E-state index contributed by atoms with van der Waals surface area (Å²) < 4.78 is 34.3. The summed E-state index contributed by atoms with van der Waals surface area (Å²) in [7, 11) is 0. The highest BCUT2D eigenvalue weighted by Gasteiger charge is 2.47. The standard InChI is InChI=1S/C55H96O14/c1-3-5-7-9-11-13-15-17-19-21-23-25-27-29-31-33-35-37-39-64-41-44(67-47(57)38-36-34-32-30-28-26-24-22-20-18-16-14-12-10-8-6-4-2)42-65-54-53(63)51(61)49(59)46(69-54)43-66-55-52(62)50(60)48(58)45(40-56)68-55/h6,8,12,14,17-20,24,26,44-46,48-56,58-63H,3-5,7,9-11,13,15-16,21-23,25,27-43H2,1-2H3/b8-6-,14-12-,19-17-,20-18-,26-24-. The molecule has 0 aliphatic carbocycles. The molecule has 2 saturated heterocycles. The van der Waals surface area contributed by atoms with Crippen LogP contribution in [-0.2, 0) is 33.2 Å². The Morgan fingerprint density at radius 2 is 0.942 bits per heavy atom. The Kier molecular flexibility index (Phi) is 38.4. The van der Waals surface area contributed by atoms with Gasteiger partial charge in [-0.1, -0.05) is 158 Å². The van der Waals surface area contributed by atoms with E-state index in [-0.39, 0.29) is 19.6 Å². The van der Waals surface area contributed by atoms with Crippen LogP contribution in [0.15, 0.2) is 60.8 Å². The van der Waals surface area contributed by atoms with Crippen molar-refractivity contribution in [3.8, 4) is 0 Å². The fourth-order valence-electron chi connectivity index (χ4n) is 8.15. The Labute approximate surface area is 415 Å². The minimum Gasteiger partial charge on any atom is -0.457 e. The third kappa shape index (κ3) is 29.7. The maximum absolute atomic E-state index is 13.0. The van der Waals surface area contributed by atoms with Crippen molar-refractivity contribution >= 4 is 5.97 Å². The highest BCUT2D eigenvalue weighted by Crippen LogP contribution is 2.26. The van der Waals surface area contributed by atoms with Gasteiger partial charge in [0.05, 0.1) is 26.4 Å². The SMILES string of the molecule is CC/C=C\C/C=C\C/C=C\C/C=C\CCCCCCC(=O)OC(COCCCCCCCCCC/C=C\CCCCCCCC)COC1OC(COC2OC(CO)C(O)C(O)C2O)C(O)C(O)C1O. The zero-order valence-corrected chi connectivity index (χ0v) is 42.5. The smallest absolute Gasteiger partial charge is 0.306 e. The molecule has 2 aliphatic rings. The molecule has 0 saturated carbocycles. The van der Waals surface area contributed by atoms with Gasteiger partial charge in [-0.2, -0.15) is 0 Å². The monoisotopic (exact) mass is 981 g/mol.